The summed E-state index contributed by atoms with van der Waals surface area (Å²) in [5.41, 5.74) is 6.91. The number of rotatable bonds is 5. The number of hydrogen-bond acceptors (Lipinski definition) is 5. The Morgan fingerprint density at radius 1 is 1.68 bits per heavy atom. The summed E-state index contributed by atoms with van der Waals surface area (Å²) in [6.07, 6.45) is 6.91. The molecule has 102 valence electrons. The molecule has 0 bridgehead atoms. The fourth-order valence-electron chi connectivity index (χ4n) is 1.51. The number of hydrogen-bond donors (Lipinski definition) is 2. The number of nitrogens with two attached hydrogens (primary N) is 1. The Balaban J connectivity index is 3.05. The van der Waals surface area contributed by atoms with Crippen molar-refractivity contribution in [2.45, 2.75) is 12.5 Å². The third-order valence-corrected chi connectivity index (χ3v) is 2.49. The SMILES string of the molecule is C#CCC(N)C(=O)Nc1c(N(C)C)ccnc1OC. The van der Waals surface area contributed by atoms with E-state index in [-0.39, 0.29) is 12.3 Å². The van der Waals surface area contributed by atoms with Gasteiger partial charge in [0.25, 0.3) is 0 Å². The van der Waals surface area contributed by atoms with Crippen LogP contribution in [0.15, 0.2) is 12.3 Å². The molecule has 0 radical (unpaired) electrons. The molecule has 0 saturated heterocycles. The molecule has 0 spiro atoms. The van der Waals surface area contributed by atoms with Crippen molar-refractivity contribution < 1.29 is 9.53 Å². The molecular weight excluding hydrogens is 244 g/mol. The highest BCUT2D eigenvalue weighted by molar-refractivity contribution is 5.99. The van der Waals surface area contributed by atoms with Gasteiger partial charge in [-0.3, -0.25) is 4.79 Å². The lowest BCUT2D eigenvalue weighted by Crippen LogP contribution is -2.35. The van der Waals surface area contributed by atoms with Crippen molar-refractivity contribution >= 4 is 17.3 Å². The first-order valence-electron chi connectivity index (χ1n) is 5.71. The fraction of sp³-hybridized carbons (Fsp3) is 0.385. The molecule has 1 aromatic rings. The van der Waals surface area contributed by atoms with Crippen molar-refractivity contribution in [3.05, 3.63) is 12.3 Å². The van der Waals surface area contributed by atoms with Crippen molar-refractivity contribution in [1.29, 1.82) is 0 Å². The van der Waals surface area contributed by atoms with E-state index in [2.05, 4.69) is 16.2 Å². The van der Waals surface area contributed by atoms with E-state index in [1.165, 1.54) is 7.11 Å². The van der Waals surface area contributed by atoms with Crippen molar-refractivity contribution in [1.82, 2.24) is 4.98 Å². The van der Waals surface area contributed by atoms with Gasteiger partial charge < -0.3 is 20.7 Å². The van der Waals surface area contributed by atoms with Crippen molar-refractivity contribution in [3.8, 4) is 18.2 Å². The van der Waals surface area contributed by atoms with Gasteiger partial charge in [-0.05, 0) is 6.07 Å². The van der Waals surface area contributed by atoms with E-state index in [1.807, 2.05) is 19.0 Å². The molecule has 0 aliphatic carbocycles. The smallest absolute Gasteiger partial charge is 0.242 e. The van der Waals surface area contributed by atoms with Gasteiger partial charge in [0.1, 0.15) is 5.69 Å². The predicted molar refractivity (Wildman–Crippen MR) is 75.2 cm³/mol. The highest BCUT2D eigenvalue weighted by Crippen LogP contribution is 2.31. The molecule has 0 aromatic carbocycles. The van der Waals surface area contributed by atoms with Crippen LogP contribution in [0.4, 0.5) is 11.4 Å². The topological polar surface area (TPSA) is 80.5 Å². The second kappa shape index (κ2) is 6.61. The fourth-order valence-corrected chi connectivity index (χ4v) is 1.51. The van der Waals surface area contributed by atoms with Gasteiger partial charge in [0, 0.05) is 26.7 Å². The average Bonchev–Trinajstić information content (AvgIpc) is 2.38. The van der Waals surface area contributed by atoms with Crippen LogP contribution in [0, 0.1) is 12.3 Å². The summed E-state index contributed by atoms with van der Waals surface area (Å²) in [5.74, 6) is 2.32. The van der Waals surface area contributed by atoms with E-state index in [0.717, 1.165) is 5.69 Å². The number of nitrogens with zero attached hydrogens (tertiary/aromatic N) is 2. The van der Waals surface area contributed by atoms with Crippen molar-refractivity contribution in [2.24, 2.45) is 5.73 Å². The van der Waals surface area contributed by atoms with Crippen LogP contribution in [-0.2, 0) is 4.79 Å². The minimum atomic E-state index is -0.759. The van der Waals surface area contributed by atoms with E-state index >= 15 is 0 Å². The monoisotopic (exact) mass is 262 g/mol. The summed E-state index contributed by atoms with van der Waals surface area (Å²) in [7, 11) is 5.19. The number of nitrogens with one attached hydrogen (secondary N) is 1. The van der Waals surface area contributed by atoms with Crippen LogP contribution in [0.1, 0.15) is 6.42 Å². The van der Waals surface area contributed by atoms with Gasteiger partial charge in [0.2, 0.25) is 11.8 Å². The van der Waals surface area contributed by atoms with Crippen molar-refractivity contribution in [3.63, 3.8) is 0 Å². The maximum absolute atomic E-state index is 11.9. The number of pyridine rings is 1. The van der Waals surface area contributed by atoms with Crippen LogP contribution >= 0.6 is 0 Å². The second-order valence-electron chi connectivity index (χ2n) is 4.11. The average molecular weight is 262 g/mol. The van der Waals surface area contributed by atoms with Crippen LogP contribution in [0.2, 0.25) is 0 Å². The zero-order chi connectivity index (χ0) is 14.4. The molecule has 1 heterocycles. The minimum absolute atomic E-state index is 0.172. The first kappa shape index (κ1) is 14.8. The van der Waals surface area contributed by atoms with Gasteiger partial charge >= 0.3 is 0 Å². The first-order valence-corrected chi connectivity index (χ1v) is 5.71. The van der Waals surface area contributed by atoms with E-state index < -0.39 is 6.04 Å². The molecule has 1 aromatic heterocycles. The Labute approximate surface area is 112 Å². The molecule has 3 N–H and O–H groups in total. The maximum atomic E-state index is 11.9. The van der Waals surface area contributed by atoms with E-state index in [4.69, 9.17) is 16.9 Å². The lowest BCUT2D eigenvalue weighted by molar-refractivity contribution is -0.117. The molecule has 0 aliphatic rings. The molecular formula is C13H18N4O2. The van der Waals surface area contributed by atoms with Gasteiger partial charge in [-0.1, -0.05) is 0 Å². The molecule has 1 rings (SSSR count). The Morgan fingerprint density at radius 3 is 2.89 bits per heavy atom. The van der Waals surface area contributed by atoms with Crippen molar-refractivity contribution in [2.75, 3.05) is 31.4 Å². The summed E-state index contributed by atoms with van der Waals surface area (Å²) in [6, 6.07) is 1.01. The number of carbonyl (C=O) groups excluding carboxylic acids is 1. The highest BCUT2D eigenvalue weighted by atomic mass is 16.5. The number of methoxy groups -OCH3 is 1. The third-order valence-electron chi connectivity index (χ3n) is 2.49. The second-order valence-corrected chi connectivity index (χ2v) is 4.11. The summed E-state index contributed by atoms with van der Waals surface area (Å²) in [6.45, 7) is 0. The Kier molecular flexibility index (Phi) is 5.15. The number of ether oxygens (including phenoxy) is 1. The maximum Gasteiger partial charge on any atom is 0.242 e. The zero-order valence-electron chi connectivity index (χ0n) is 11.3. The number of carbonyl (C=O) groups is 1. The van der Waals surface area contributed by atoms with Crippen LogP contribution in [0.5, 0.6) is 5.88 Å². The van der Waals surface area contributed by atoms with Gasteiger partial charge in [-0.2, -0.15) is 0 Å². The number of anilines is 2. The van der Waals surface area contributed by atoms with E-state index in [0.29, 0.717) is 11.6 Å². The molecule has 1 amide bonds. The molecule has 0 saturated carbocycles. The normalized spacial score (nSPS) is 11.3. The van der Waals surface area contributed by atoms with Crippen LogP contribution in [0.25, 0.3) is 0 Å². The van der Waals surface area contributed by atoms with Gasteiger partial charge in [-0.25, -0.2) is 4.98 Å². The third kappa shape index (κ3) is 3.60. The Bertz CT molecular complexity index is 494. The first-order chi connectivity index (χ1) is 9.01. The summed E-state index contributed by atoms with van der Waals surface area (Å²) >= 11 is 0. The van der Waals surface area contributed by atoms with E-state index in [1.54, 1.807) is 12.3 Å². The van der Waals surface area contributed by atoms with Crippen LogP contribution < -0.4 is 20.7 Å². The summed E-state index contributed by atoms with van der Waals surface area (Å²) in [5, 5.41) is 2.71. The molecule has 1 unspecified atom stereocenters. The molecule has 1 atom stereocenters. The molecule has 0 fully saturated rings. The van der Waals surface area contributed by atoms with Crippen LogP contribution in [0.3, 0.4) is 0 Å². The molecule has 0 aliphatic heterocycles. The highest BCUT2D eigenvalue weighted by Gasteiger charge is 2.18. The van der Waals surface area contributed by atoms with E-state index in [9.17, 15) is 4.79 Å². The van der Waals surface area contributed by atoms with Gasteiger partial charge in [0.15, 0.2) is 0 Å². The largest absolute Gasteiger partial charge is 0.479 e. The van der Waals surface area contributed by atoms with Crippen LogP contribution in [-0.4, -0.2) is 38.1 Å². The zero-order valence-corrected chi connectivity index (χ0v) is 11.3. The number of aromatic nitrogens is 1. The Hall–Kier alpha value is -2.26. The quantitative estimate of drug-likeness (QED) is 0.753. The summed E-state index contributed by atoms with van der Waals surface area (Å²) in [4.78, 5) is 17.8. The molecule has 6 heteroatoms. The lowest BCUT2D eigenvalue weighted by Gasteiger charge is -2.20. The minimum Gasteiger partial charge on any atom is -0.479 e. The molecule has 6 nitrogen and oxygen atoms in total. The number of amides is 1. The predicted octanol–water partition coefficient (Wildman–Crippen LogP) is 0.445. The van der Waals surface area contributed by atoms with Gasteiger partial charge in [0.05, 0.1) is 18.8 Å². The number of terminal acetylenes is 1. The molecule has 19 heavy (non-hydrogen) atoms. The Morgan fingerprint density at radius 2 is 2.37 bits per heavy atom. The van der Waals surface area contributed by atoms with Gasteiger partial charge in [-0.15, -0.1) is 12.3 Å². The lowest BCUT2D eigenvalue weighted by atomic mass is 10.2. The standard InChI is InChI=1S/C13H18N4O2/c1-5-6-9(14)12(18)16-11-10(17(2)3)7-8-15-13(11)19-4/h1,7-9H,6,14H2,2-4H3,(H,16,18). The summed E-state index contributed by atoms with van der Waals surface area (Å²) < 4.78 is 5.14.